The summed E-state index contributed by atoms with van der Waals surface area (Å²) in [5, 5.41) is 2.31. The molecule has 30 heavy (non-hydrogen) atoms. The van der Waals surface area contributed by atoms with Crippen LogP contribution in [0.15, 0.2) is 103 Å². The second kappa shape index (κ2) is 8.69. The van der Waals surface area contributed by atoms with Gasteiger partial charge in [-0.15, -0.1) is 0 Å². The van der Waals surface area contributed by atoms with Gasteiger partial charge in [-0.05, 0) is 40.6 Å². The molecule has 4 aromatic rings. The van der Waals surface area contributed by atoms with Crippen molar-refractivity contribution in [1.82, 2.24) is 4.72 Å². The molecule has 0 bridgehead atoms. The van der Waals surface area contributed by atoms with E-state index in [0.717, 1.165) is 22.3 Å². The number of anilines is 2. The van der Waals surface area contributed by atoms with E-state index in [0.29, 0.717) is 6.54 Å². The van der Waals surface area contributed by atoms with E-state index >= 15 is 0 Å². The lowest BCUT2D eigenvalue weighted by Crippen LogP contribution is -2.35. The van der Waals surface area contributed by atoms with Crippen LogP contribution < -0.4 is 9.62 Å². The fraction of sp³-hybridized carbons (Fsp3) is 0.120. The van der Waals surface area contributed by atoms with E-state index in [1.54, 1.807) is 0 Å². The molecule has 0 saturated carbocycles. The number of fused-ring (bicyclic) bond motifs is 1. The predicted octanol–water partition coefficient (Wildman–Crippen LogP) is 5.27. The SMILES string of the molecule is CS(=O)(=O)N[C@@H](CN(c1ccccc1)c1ccc2ccccc2c1)c1ccccc1. The Morgan fingerprint density at radius 1 is 0.733 bits per heavy atom. The molecule has 4 rings (SSSR count). The van der Waals surface area contributed by atoms with Gasteiger partial charge in [0.2, 0.25) is 10.0 Å². The zero-order valence-electron chi connectivity index (χ0n) is 16.8. The van der Waals surface area contributed by atoms with Crippen LogP contribution in [0, 0.1) is 0 Å². The predicted molar refractivity (Wildman–Crippen MR) is 125 cm³/mol. The van der Waals surface area contributed by atoms with Gasteiger partial charge in [-0.25, -0.2) is 13.1 Å². The van der Waals surface area contributed by atoms with Gasteiger partial charge in [-0.2, -0.15) is 0 Å². The molecule has 4 nitrogen and oxygen atoms in total. The van der Waals surface area contributed by atoms with Gasteiger partial charge in [-0.1, -0.05) is 78.9 Å². The standard InChI is InChI=1S/C25H24N2O2S/c1-30(28,29)26-25(21-11-4-2-5-12-21)19-27(23-14-6-3-7-15-23)24-17-16-20-10-8-9-13-22(20)18-24/h2-18,25-26H,19H2,1H3/t25-/m0/s1. The molecule has 5 heteroatoms. The zero-order chi connectivity index (χ0) is 21.0. The van der Waals surface area contributed by atoms with Crippen molar-refractivity contribution in [1.29, 1.82) is 0 Å². The molecule has 0 heterocycles. The van der Waals surface area contributed by atoms with Crippen LogP contribution in [0.3, 0.4) is 0 Å². The second-order valence-corrected chi connectivity index (χ2v) is 9.11. The van der Waals surface area contributed by atoms with E-state index in [2.05, 4.69) is 40.0 Å². The van der Waals surface area contributed by atoms with Crippen molar-refractivity contribution in [2.45, 2.75) is 6.04 Å². The summed E-state index contributed by atoms with van der Waals surface area (Å²) in [6.45, 7) is 0.458. The van der Waals surface area contributed by atoms with Crippen LogP contribution in [-0.2, 0) is 10.0 Å². The van der Waals surface area contributed by atoms with E-state index in [-0.39, 0.29) is 0 Å². The van der Waals surface area contributed by atoms with Crippen molar-refractivity contribution in [2.75, 3.05) is 17.7 Å². The van der Waals surface area contributed by atoms with E-state index < -0.39 is 16.1 Å². The lowest BCUT2D eigenvalue weighted by Gasteiger charge is -2.30. The summed E-state index contributed by atoms with van der Waals surface area (Å²) in [6, 6.07) is 33.9. The van der Waals surface area contributed by atoms with Crippen molar-refractivity contribution >= 4 is 32.2 Å². The molecule has 1 atom stereocenters. The lowest BCUT2D eigenvalue weighted by atomic mass is 10.1. The van der Waals surface area contributed by atoms with Gasteiger partial charge in [0.05, 0.1) is 12.3 Å². The first kappa shape index (κ1) is 20.1. The molecule has 0 spiro atoms. The van der Waals surface area contributed by atoms with E-state index in [1.807, 2.05) is 72.8 Å². The molecule has 0 aliphatic heterocycles. The van der Waals surface area contributed by atoms with Crippen LogP contribution >= 0.6 is 0 Å². The van der Waals surface area contributed by atoms with Crippen LogP contribution in [-0.4, -0.2) is 21.2 Å². The van der Waals surface area contributed by atoms with Gasteiger partial charge in [0.25, 0.3) is 0 Å². The summed E-state index contributed by atoms with van der Waals surface area (Å²) in [6.07, 6.45) is 1.20. The summed E-state index contributed by atoms with van der Waals surface area (Å²) < 4.78 is 27.0. The highest BCUT2D eigenvalue weighted by molar-refractivity contribution is 7.88. The normalized spacial score (nSPS) is 12.6. The number of sulfonamides is 1. The fourth-order valence-electron chi connectivity index (χ4n) is 3.65. The van der Waals surface area contributed by atoms with Crippen molar-refractivity contribution in [3.05, 3.63) is 109 Å². The maximum Gasteiger partial charge on any atom is 0.209 e. The summed E-state index contributed by atoms with van der Waals surface area (Å²) in [5.41, 5.74) is 2.93. The van der Waals surface area contributed by atoms with Crippen LogP contribution in [0.4, 0.5) is 11.4 Å². The highest BCUT2D eigenvalue weighted by Crippen LogP contribution is 2.31. The van der Waals surface area contributed by atoms with Gasteiger partial charge in [0.1, 0.15) is 0 Å². The molecule has 4 aromatic carbocycles. The molecule has 0 saturated heterocycles. The van der Waals surface area contributed by atoms with Crippen molar-refractivity contribution in [3.63, 3.8) is 0 Å². The molecule has 0 aliphatic rings. The minimum atomic E-state index is -3.39. The molecular formula is C25H24N2O2S. The maximum atomic E-state index is 12.1. The van der Waals surface area contributed by atoms with Crippen molar-refractivity contribution in [2.24, 2.45) is 0 Å². The Labute approximate surface area is 177 Å². The summed E-state index contributed by atoms with van der Waals surface area (Å²) in [7, 11) is -3.39. The van der Waals surface area contributed by atoms with Crippen molar-refractivity contribution in [3.8, 4) is 0 Å². The van der Waals surface area contributed by atoms with E-state index in [1.165, 1.54) is 11.6 Å². The van der Waals surface area contributed by atoms with Gasteiger partial charge >= 0.3 is 0 Å². The summed E-state index contributed by atoms with van der Waals surface area (Å²) >= 11 is 0. The second-order valence-electron chi connectivity index (χ2n) is 7.33. The topological polar surface area (TPSA) is 49.4 Å². The van der Waals surface area contributed by atoms with E-state index in [4.69, 9.17) is 0 Å². The largest absolute Gasteiger partial charge is 0.340 e. The van der Waals surface area contributed by atoms with Crippen LogP contribution in [0.25, 0.3) is 10.8 Å². The average Bonchev–Trinajstić information content (AvgIpc) is 2.77. The highest BCUT2D eigenvalue weighted by Gasteiger charge is 2.21. The Morgan fingerprint density at radius 3 is 2.00 bits per heavy atom. The van der Waals surface area contributed by atoms with Crippen LogP contribution in [0.1, 0.15) is 11.6 Å². The van der Waals surface area contributed by atoms with Gasteiger partial charge in [-0.3, -0.25) is 0 Å². The lowest BCUT2D eigenvalue weighted by molar-refractivity contribution is 0.562. The summed E-state index contributed by atoms with van der Waals surface area (Å²) in [5.74, 6) is 0. The zero-order valence-corrected chi connectivity index (χ0v) is 17.6. The number of hydrogen-bond donors (Lipinski definition) is 1. The molecule has 0 fully saturated rings. The Morgan fingerprint density at radius 2 is 1.33 bits per heavy atom. The number of hydrogen-bond acceptors (Lipinski definition) is 3. The minimum Gasteiger partial charge on any atom is -0.340 e. The number of nitrogens with zero attached hydrogens (tertiary/aromatic N) is 1. The first-order valence-electron chi connectivity index (χ1n) is 9.83. The van der Waals surface area contributed by atoms with Crippen molar-refractivity contribution < 1.29 is 8.42 Å². The minimum absolute atomic E-state index is 0.395. The molecule has 0 unspecified atom stereocenters. The van der Waals surface area contributed by atoms with Gasteiger partial charge in [0, 0.05) is 17.9 Å². The maximum absolute atomic E-state index is 12.1. The monoisotopic (exact) mass is 416 g/mol. The number of rotatable bonds is 7. The first-order chi connectivity index (χ1) is 14.5. The highest BCUT2D eigenvalue weighted by atomic mass is 32.2. The number of benzene rings is 4. The third kappa shape index (κ3) is 4.87. The Balaban J connectivity index is 1.78. The molecule has 152 valence electrons. The Hall–Kier alpha value is -3.15. The first-order valence-corrected chi connectivity index (χ1v) is 11.7. The molecular weight excluding hydrogens is 392 g/mol. The smallest absolute Gasteiger partial charge is 0.209 e. The molecule has 0 radical (unpaired) electrons. The van der Waals surface area contributed by atoms with Gasteiger partial charge in [0.15, 0.2) is 0 Å². The van der Waals surface area contributed by atoms with Crippen LogP contribution in [0.5, 0.6) is 0 Å². The molecule has 0 amide bonds. The quantitative estimate of drug-likeness (QED) is 0.447. The van der Waals surface area contributed by atoms with Crippen LogP contribution in [0.2, 0.25) is 0 Å². The number of para-hydroxylation sites is 1. The van der Waals surface area contributed by atoms with Gasteiger partial charge < -0.3 is 4.90 Å². The Kier molecular flexibility index (Phi) is 5.84. The average molecular weight is 417 g/mol. The van der Waals surface area contributed by atoms with E-state index in [9.17, 15) is 8.42 Å². The molecule has 1 N–H and O–H groups in total. The third-order valence-corrected chi connectivity index (χ3v) is 5.75. The fourth-order valence-corrected chi connectivity index (χ4v) is 4.38. The third-order valence-electron chi connectivity index (χ3n) is 5.04. The summed E-state index contributed by atoms with van der Waals surface area (Å²) in [4.78, 5) is 2.16. The molecule has 0 aromatic heterocycles. The Bertz CT molecular complexity index is 1230. The number of nitrogens with one attached hydrogen (secondary N) is 1. The molecule has 0 aliphatic carbocycles.